The minimum atomic E-state index is -0.760. The molecule has 7 heteroatoms. The van der Waals surface area contributed by atoms with Crippen LogP contribution in [-0.4, -0.2) is 24.2 Å². The molecule has 0 aliphatic rings. The first-order valence-corrected chi connectivity index (χ1v) is 5.11. The lowest BCUT2D eigenvalue weighted by Gasteiger charge is -2.01. The molecule has 0 unspecified atom stereocenters. The van der Waals surface area contributed by atoms with E-state index in [4.69, 9.17) is 17.3 Å². The molecule has 78 valence electrons. The van der Waals surface area contributed by atoms with Gasteiger partial charge in [-0.3, -0.25) is 0 Å². The molecule has 0 saturated heterocycles. The molecular formula is C7H10ClN3O2S. The first-order chi connectivity index (χ1) is 6.68. The Morgan fingerprint density at radius 1 is 1.79 bits per heavy atom. The lowest BCUT2D eigenvalue weighted by atomic mass is 10.6. The summed E-state index contributed by atoms with van der Waals surface area (Å²) in [6.45, 7) is 1.41. The third-order valence-electron chi connectivity index (χ3n) is 1.32. The normalized spacial score (nSPS) is 10.1. The van der Waals surface area contributed by atoms with Crippen molar-refractivity contribution in [2.24, 2.45) is 5.73 Å². The number of thiazole rings is 1. The molecule has 0 saturated carbocycles. The van der Waals surface area contributed by atoms with Crippen molar-refractivity contribution in [2.75, 3.05) is 13.2 Å². The molecule has 1 aromatic heterocycles. The maximum Gasteiger partial charge on any atom is 0.404 e. The number of nitrogens with zero attached hydrogens (tertiary/aromatic N) is 1. The first kappa shape index (κ1) is 11.2. The Balaban J connectivity index is 2.07. The predicted molar refractivity (Wildman–Crippen MR) is 54.4 cm³/mol. The second kappa shape index (κ2) is 5.79. The van der Waals surface area contributed by atoms with Crippen molar-refractivity contribution < 1.29 is 9.53 Å². The molecule has 1 rings (SSSR count). The van der Waals surface area contributed by atoms with E-state index in [0.29, 0.717) is 17.4 Å². The SMILES string of the molecule is NC(=O)OCCNCc1ncc(Cl)s1. The fraction of sp³-hybridized carbons (Fsp3) is 0.429. The number of hydrogen-bond acceptors (Lipinski definition) is 5. The molecular weight excluding hydrogens is 226 g/mol. The summed E-state index contributed by atoms with van der Waals surface area (Å²) in [6, 6.07) is 0. The van der Waals surface area contributed by atoms with Gasteiger partial charge in [0.15, 0.2) is 0 Å². The van der Waals surface area contributed by atoms with Crippen LogP contribution >= 0.6 is 22.9 Å². The van der Waals surface area contributed by atoms with Gasteiger partial charge in [-0.15, -0.1) is 11.3 Å². The van der Waals surface area contributed by atoms with Crippen LogP contribution in [0.5, 0.6) is 0 Å². The topological polar surface area (TPSA) is 77.2 Å². The van der Waals surface area contributed by atoms with E-state index >= 15 is 0 Å². The van der Waals surface area contributed by atoms with E-state index in [2.05, 4.69) is 15.0 Å². The zero-order valence-corrected chi connectivity index (χ0v) is 8.90. The average molecular weight is 236 g/mol. The summed E-state index contributed by atoms with van der Waals surface area (Å²) < 4.78 is 5.18. The Bertz CT molecular complexity index is 305. The molecule has 1 amide bonds. The Labute approximate surface area is 90.2 Å². The van der Waals surface area contributed by atoms with E-state index in [1.54, 1.807) is 6.20 Å². The van der Waals surface area contributed by atoms with Gasteiger partial charge in [0.05, 0.1) is 6.20 Å². The summed E-state index contributed by atoms with van der Waals surface area (Å²) in [6.07, 6.45) is 0.840. The van der Waals surface area contributed by atoms with Gasteiger partial charge in [-0.05, 0) is 0 Å². The highest BCUT2D eigenvalue weighted by Crippen LogP contribution is 2.17. The molecule has 3 N–H and O–H groups in total. The molecule has 0 aromatic carbocycles. The van der Waals surface area contributed by atoms with Crippen LogP contribution in [0.1, 0.15) is 5.01 Å². The number of carbonyl (C=O) groups is 1. The predicted octanol–water partition coefficient (Wildman–Crippen LogP) is 0.981. The van der Waals surface area contributed by atoms with E-state index < -0.39 is 6.09 Å². The first-order valence-electron chi connectivity index (χ1n) is 3.91. The summed E-state index contributed by atoms with van der Waals surface area (Å²) in [7, 11) is 0. The smallest absolute Gasteiger partial charge is 0.404 e. The molecule has 0 aliphatic heterocycles. The van der Waals surface area contributed by atoms with E-state index in [1.807, 2.05) is 0 Å². The van der Waals surface area contributed by atoms with Gasteiger partial charge in [-0.2, -0.15) is 0 Å². The van der Waals surface area contributed by atoms with Gasteiger partial charge in [-0.1, -0.05) is 11.6 Å². The third-order valence-corrected chi connectivity index (χ3v) is 2.44. The molecule has 0 aliphatic carbocycles. The van der Waals surface area contributed by atoms with Crippen molar-refractivity contribution in [1.82, 2.24) is 10.3 Å². The third kappa shape index (κ3) is 4.40. The zero-order chi connectivity index (χ0) is 10.4. The van der Waals surface area contributed by atoms with Crippen molar-refractivity contribution in [1.29, 1.82) is 0 Å². The maximum absolute atomic E-state index is 10.2. The van der Waals surface area contributed by atoms with Gasteiger partial charge in [0.2, 0.25) is 0 Å². The van der Waals surface area contributed by atoms with Gasteiger partial charge in [-0.25, -0.2) is 9.78 Å². The van der Waals surface area contributed by atoms with Crippen LogP contribution in [0.3, 0.4) is 0 Å². The minimum Gasteiger partial charge on any atom is -0.448 e. The van der Waals surface area contributed by atoms with Crippen molar-refractivity contribution in [3.63, 3.8) is 0 Å². The molecule has 0 fully saturated rings. The van der Waals surface area contributed by atoms with Crippen molar-refractivity contribution >= 4 is 29.0 Å². The van der Waals surface area contributed by atoms with Gasteiger partial charge in [0.25, 0.3) is 0 Å². The summed E-state index contributed by atoms with van der Waals surface area (Å²) in [5.41, 5.74) is 4.77. The Hall–Kier alpha value is -0.850. The summed E-state index contributed by atoms with van der Waals surface area (Å²) >= 11 is 7.10. The number of amides is 1. The van der Waals surface area contributed by atoms with Crippen molar-refractivity contribution in [2.45, 2.75) is 6.54 Å². The Kier molecular flexibility index (Phi) is 4.64. The number of ether oxygens (including phenoxy) is 1. The molecule has 1 aromatic rings. The standard InChI is InChI=1S/C7H10ClN3O2S/c8-5-3-11-6(14-5)4-10-1-2-13-7(9)12/h3,10H,1-2,4H2,(H2,9,12). The highest BCUT2D eigenvalue weighted by atomic mass is 35.5. The number of hydrogen-bond donors (Lipinski definition) is 2. The maximum atomic E-state index is 10.2. The fourth-order valence-corrected chi connectivity index (χ4v) is 1.71. The molecule has 5 nitrogen and oxygen atoms in total. The summed E-state index contributed by atoms with van der Waals surface area (Å²) in [5.74, 6) is 0. The number of aromatic nitrogens is 1. The average Bonchev–Trinajstić information content (AvgIpc) is 2.50. The number of rotatable bonds is 5. The van der Waals surface area contributed by atoms with Crippen LogP contribution < -0.4 is 11.1 Å². The quantitative estimate of drug-likeness (QED) is 0.746. The second-order valence-corrected chi connectivity index (χ2v) is 4.15. The molecule has 0 spiro atoms. The molecule has 1 heterocycles. The highest BCUT2D eigenvalue weighted by molar-refractivity contribution is 7.15. The van der Waals surface area contributed by atoms with Crippen molar-refractivity contribution in [3.8, 4) is 0 Å². The zero-order valence-electron chi connectivity index (χ0n) is 7.33. The molecule has 0 bridgehead atoms. The lowest BCUT2D eigenvalue weighted by molar-refractivity contribution is 0.157. The number of primary amides is 1. The van der Waals surface area contributed by atoms with Crippen LogP contribution in [0.2, 0.25) is 4.34 Å². The highest BCUT2D eigenvalue weighted by Gasteiger charge is 1.99. The van der Waals surface area contributed by atoms with Gasteiger partial charge < -0.3 is 15.8 Å². The lowest BCUT2D eigenvalue weighted by Crippen LogP contribution is -2.23. The van der Waals surface area contributed by atoms with E-state index in [1.165, 1.54) is 11.3 Å². The van der Waals surface area contributed by atoms with Crippen LogP contribution in [0.15, 0.2) is 6.20 Å². The minimum absolute atomic E-state index is 0.258. The van der Waals surface area contributed by atoms with Crippen LogP contribution in [0, 0.1) is 0 Å². The van der Waals surface area contributed by atoms with E-state index in [9.17, 15) is 4.79 Å². The second-order valence-electron chi connectivity index (χ2n) is 2.40. The number of halogens is 1. The van der Waals surface area contributed by atoms with E-state index in [0.717, 1.165) is 5.01 Å². The monoisotopic (exact) mass is 235 g/mol. The molecule has 14 heavy (non-hydrogen) atoms. The Morgan fingerprint density at radius 3 is 3.14 bits per heavy atom. The number of carbonyl (C=O) groups excluding carboxylic acids is 1. The Morgan fingerprint density at radius 2 is 2.57 bits per heavy atom. The van der Waals surface area contributed by atoms with Crippen LogP contribution in [-0.2, 0) is 11.3 Å². The number of nitrogens with two attached hydrogens (primary N) is 1. The molecule has 0 atom stereocenters. The molecule has 0 radical (unpaired) electrons. The fourth-order valence-electron chi connectivity index (χ4n) is 0.789. The van der Waals surface area contributed by atoms with Gasteiger partial charge in [0.1, 0.15) is 16.0 Å². The van der Waals surface area contributed by atoms with Gasteiger partial charge >= 0.3 is 6.09 Å². The van der Waals surface area contributed by atoms with Crippen LogP contribution in [0.4, 0.5) is 4.79 Å². The van der Waals surface area contributed by atoms with E-state index in [-0.39, 0.29) is 6.61 Å². The van der Waals surface area contributed by atoms with Gasteiger partial charge in [0, 0.05) is 13.1 Å². The van der Waals surface area contributed by atoms with Crippen LogP contribution in [0.25, 0.3) is 0 Å². The largest absolute Gasteiger partial charge is 0.448 e. The van der Waals surface area contributed by atoms with Crippen molar-refractivity contribution in [3.05, 3.63) is 15.5 Å². The summed E-state index contributed by atoms with van der Waals surface area (Å²) in [4.78, 5) is 14.2. The number of nitrogens with one attached hydrogen (secondary N) is 1. The summed E-state index contributed by atoms with van der Waals surface area (Å²) in [5, 5.41) is 3.92.